The van der Waals surface area contributed by atoms with E-state index in [1.807, 2.05) is 50.8 Å². The quantitative estimate of drug-likeness (QED) is 0.582. The van der Waals surface area contributed by atoms with Crippen LogP contribution in [0.2, 0.25) is 0 Å². The standard InChI is InChI=1S/C26H34N2O3/c1-19-12-13-20(2)23(18-19)31-17-9-14-26(3,4)25(30)27-22-11-6-5-10-21(22)24(29)28-15-7-8-16-28/h5-6,10-13,18H,7-9,14-17H2,1-4H3,(H,27,30). The maximum Gasteiger partial charge on any atom is 0.255 e. The Balaban J connectivity index is 1.57. The first-order valence-corrected chi connectivity index (χ1v) is 11.2. The average molecular weight is 423 g/mol. The number of benzene rings is 2. The number of hydrogen-bond donors (Lipinski definition) is 1. The van der Waals surface area contributed by atoms with Gasteiger partial charge in [0.1, 0.15) is 5.75 Å². The molecule has 1 N–H and O–H groups in total. The highest BCUT2D eigenvalue weighted by atomic mass is 16.5. The summed E-state index contributed by atoms with van der Waals surface area (Å²) in [6.07, 6.45) is 3.53. The van der Waals surface area contributed by atoms with Crippen molar-refractivity contribution in [2.45, 2.75) is 53.4 Å². The van der Waals surface area contributed by atoms with E-state index in [0.717, 1.165) is 43.7 Å². The highest BCUT2D eigenvalue weighted by Gasteiger charge is 2.29. The van der Waals surface area contributed by atoms with Gasteiger partial charge in [0.15, 0.2) is 0 Å². The lowest BCUT2D eigenvalue weighted by Crippen LogP contribution is -2.33. The Morgan fingerprint density at radius 2 is 1.77 bits per heavy atom. The van der Waals surface area contributed by atoms with E-state index in [-0.39, 0.29) is 11.8 Å². The predicted octanol–water partition coefficient (Wildman–Crippen LogP) is 5.36. The second-order valence-corrected chi connectivity index (χ2v) is 9.10. The van der Waals surface area contributed by atoms with Crippen molar-refractivity contribution >= 4 is 17.5 Å². The first-order chi connectivity index (χ1) is 14.8. The van der Waals surface area contributed by atoms with Gasteiger partial charge in [0.05, 0.1) is 17.9 Å². The molecule has 1 aliphatic rings. The maximum absolute atomic E-state index is 13.0. The van der Waals surface area contributed by atoms with Crippen LogP contribution in [0.4, 0.5) is 5.69 Å². The monoisotopic (exact) mass is 422 g/mol. The number of aryl methyl sites for hydroxylation is 2. The molecule has 0 spiro atoms. The summed E-state index contributed by atoms with van der Waals surface area (Å²) in [4.78, 5) is 27.7. The largest absolute Gasteiger partial charge is 0.493 e. The molecule has 0 atom stereocenters. The highest BCUT2D eigenvalue weighted by Crippen LogP contribution is 2.27. The number of rotatable bonds is 8. The fourth-order valence-electron chi connectivity index (χ4n) is 3.83. The second-order valence-electron chi connectivity index (χ2n) is 9.10. The molecule has 0 saturated carbocycles. The summed E-state index contributed by atoms with van der Waals surface area (Å²) in [6, 6.07) is 13.5. The number of ether oxygens (including phenoxy) is 1. The number of carbonyl (C=O) groups excluding carboxylic acids is 2. The van der Waals surface area contributed by atoms with Crippen LogP contribution >= 0.6 is 0 Å². The number of nitrogens with zero attached hydrogens (tertiary/aromatic N) is 1. The van der Waals surface area contributed by atoms with Crippen molar-refractivity contribution in [2.75, 3.05) is 25.0 Å². The number of para-hydroxylation sites is 1. The first-order valence-electron chi connectivity index (χ1n) is 11.2. The van der Waals surface area contributed by atoms with Crippen molar-refractivity contribution in [3.05, 3.63) is 59.2 Å². The smallest absolute Gasteiger partial charge is 0.255 e. The Morgan fingerprint density at radius 1 is 1.06 bits per heavy atom. The van der Waals surface area contributed by atoms with Gasteiger partial charge in [0.2, 0.25) is 5.91 Å². The van der Waals surface area contributed by atoms with Crippen LogP contribution in [0.3, 0.4) is 0 Å². The van der Waals surface area contributed by atoms with E-state index in [1.54, 1.807) is 12.1 Å². The predicted molar refractivity (Wildman–Crippen MR) is 125 cm³/mol. The molecular formula is C26H34N2O3. The number of hydrogen-bond acceptors (Lipinski definition) is 3. The molecule has 166 valence electrons. The maximum atomic E-state index is 13.0. The lowest BCUT2D eigenvalue weighted by molar-refractivity contribution is -0.124. The number of amides is 2. The number of anilines is 1. The van der Waals surface area contributed by atoms with E-state index >= 15 is 0 Å². The van der Waals surface area contributed by atoms with Crippen LogP contribution in [0.1, 0.15) is 61.0 Å². The van der Waals surface area contributed by atoms with E-state index in [0.29, 0.717) is 24.3 Å². The van der Waals surface area contributed by atoms with Gasteiger partial charge >= 0.3 is 0 Å². The van der Waals surface area contributed by atoms with Crippen LogP contribution < -0.4 is 10.1 Å². The molecule has 3 rings (SSSR count). The molecular weight excluding hydrogens is 388 g/mol. The fraction of sp³-hybridized carbons (Fsp3) is 0.462. The average Bonchev–Trinajstić information content (AvgIpc) is 3.28. The number of likely N-dealkylation sites (tertiary alicyclic amines) is 1. The first kappa shape index (κ1) is 22.9. The van der Waals surface area contributed by atoms with Crippen molar-refractivity contribution in [1.29, 1.82) is 0 Å². The van der Waals surface area contributed by atoms with E-state index in [9.17, 15) is 9.59 Å². The molecule has 5 heteroatoms. The lowest BCUT2D eigenvalue weighted by Gasteiger charge is -2.25. The molecule has 1 heterocycles. The summed E-state index contributed by atoms with van der Waals surface area (Å²) in [7, 11) is 0. The molecule has 2 amide bonds. The summed E-state index contributed by atoms with van der Waals surface area (Å²) in [5.41, 5.74) is 2.86. The van der Waals surface area contributed by atoms with Crippen molar-refractivity contribution in [3.63, 3.8) is 0 Å². The molecule has 0 aliphatic carbocycles. The Morgan fingerprint density at radius 3 is 2.52 bits per heavy atom. The molecule has 1 saturated heterocycles. The highest BCUT2D eigenvalue weighted by molar-refractivity contribution is 6.04. The van der Waals surface area contributed by atoms with Crippen LogP contribution in [0.25, 0.3) is 0 Å². The Labute approximate surface area is 185 Å². The van der Waals surface area contributed by atoms with Gasteiger partial charge in [-0.15, -0.1) is 0 Å². The van der Waals surface area contributed by atoms with Crippen LogP contribution in [0.5, 0.6) is 5.75 Å². The van der Waals surface area contributed by atoms with E-state index in [4.69, 9.17) is 4.74 Å². The van der Waals surface area contributed by atoms with Crippen LogP contribution in [-0.2, 0) is 4.79 Å². The molecule has 1 fully saturated rings. The zero-order chi connectivity index (χ0) is 22.4. The van der Waals surface area contributed by atoms with Crippen LogP contribution in [0, 0.1) is 19.3 Å². The van der Waals surface area contributed by atoms with E-state index in [2.05, 4.69) is 17.4 Å². The summed E-state index contributed by atoms with van der Waals surface area (Å²) >= 11 is 0. The molecule has 2 aromatic rings. The van der Waals surface area contributed by atoms with Crippen molar-refractivity contribution in [2.24, 2.45) is 5.41 Å². The minimum absolute atomic E-state index is 0.00636. The van der Waals surface area contributed by atoms with Gasteiger partial charge in [-0.25, -0.2) is 0 Å². The molecule has 0 radical (unpaired) electrons. The minimum atomic E-state index is -0.575. The summed E-state index contributed by atoms with van der Waals surface area (Å²) in [5.74, 6) is 0.811. The zero-order valence-electron chi connectivity index (χ0n) is 19.2. The van der Waals surface area contributed by atoms with Gasteiger partial charge in [0.25, 0.3) is 5.91 Å². The van der Waals surface area contributed by atoms with Gasteiger partial charge in [-0.1, -0.05) is 38.1 Å². The third kappa shape index (κ3) is 5.87. The molecule has 0 unspecified atom stereocenters. The third-order valence-corrected chi connectivity index (χ3v) is 5.96. The summed E-state index contributed by atoms with van der Waals surface area (Å²) in [5, 5.41) is 3.00. The fourth-order valence-corrected chi connectivity index (χ4v) is 3.83. The molecule has 31 heavy (non-hydrogen) atoms. The number of carbonyl (C=O) groups is 2. The minimum Gasteiger partial charge on any atom is -0.493 e. The van der Waals surface area contributed by atoms with E-state index in [1.165, 1.54) is 5.56 Å². The SMILES string of the molecule is Cc1ccc(C)c(OCCCC(C)(C)C(=O)Nc2ccccc2C(=O)N2CCCC2)c1. The van der Waals surface area contributed by atoms with Crippen LogP contribution in [-0.4, -0.2) is 36.4 Å². The normalized spacial score (nSPS) is 13.9. The summed E-state index contributed by atoms with van der Waals surface area (Å²) in [6.45, 7) is 10.1. The topological polar surface area (TPSA) is 58.6 Å². The van der Waals surface area contributed by atoms with Crippen molar-refractivity contribution < 1.29 is 14.3 Å². The van der Waals surface area contributed by atoms with Gasteiger partial charge in [-0.05, 0) is 68.9 Å². The van der Waals surface area contributed by atoms with Gasteiger partial charge in [-0.2, -0.15) is 0 Å². The van der Waals surface area contributed by atoms with Crippen molar-refractivity contribution in [1.82, 2.24) is 4.90 Å². The van der Waals surface area contributed by atoms with Crippen molar-refractivity contribution in [3.8, 4) is 5.75 Å². The van der Waals surface area contributed by atoms with E-state index < -0.39 is 5.41 Å². The van der Waals surface area contributed by atoms with Gasteiger partial charge in [0, 0.05) is 18.5 Å². The zero-order valence-corrected chi connectivity index (χ0v) is 19.2. The second kappa shape index (κ2) is 9.99. The Hall–Kier alpha value is -2.82. The third-order valence-electron chi connectivity index (χ3n) is 5.96. The van der Waals surface area contributed by atoms with Gasteiger partial charge in [-0.3, -0.25) is 9.59 Å². The molecule has 0 aromatic heterocycles. The van der Waals surface area contributed by atoms with Crippen LogP contribution in [0.15, 0.2) is 42.5 Å². The summed E-state index contributed by atoms with van der Waals surface area (Å²) < 4.78 is 5.94. The Kier molecular flexibility index (Phi) is 7.37. The lowest BCUT2D eigenvalue weighted by atomic mass is 9.86. The van der Waals surface area contributed by atoms with Gasteiger partial charge < -0.3 is 15.0 Å². The Bertz CT molecular complexity index is 930. The number of nitrogens with one attached hydrogen (secondary N) is 1. The molecule has 2 aromatic carbocycles. The molecule has 1 aliphatic heterocycles. The molecule has 0 bridgehead atoms. The molecule has 5 nitrogen and oxygen atoms in total.